The molecule has 2 aromatic heterocycles. The maximum atomic E-state index is 15.3. The lowest BCUT2D eigenvalue weighted by atomic mass is 9.86. The van der Waals surface area contributed by atoms with E-state index in [-0.39, 0.29) is 42.5 Å². The third-order valence-corrected chi connectivity index (χ3v) is 8.89. The Labute approximate surface area is 228 Å². The van der Waals surface area contributed by atoms with Crippen LogP contribution in [0.25, 0.3) is 10.9 Å². The normalized spacial score (nSPS) is 28.4. The molecule has 39 heavy (non-hydrogen) atoms. The van der Waals surface area contributed by atoms with Gasteiger partial charge >= 0.3 is 12.2 Å². The average Bonchev–Trinajstić information content (AvgIpc) is 3.68. The van der Waals surface area contributed by atoms with E-state index in [0.29, 0.717) is 31.6 Å². The molecule has 4 heterocycles. The number of piperidine rings is 1. The summed E-state index contributed by atoms with van der Waals surface area (Å²) in [7, 11) is 0. The van der Waals surface area contributed by atoms with Gasteiger partial charge in [0.2, 0.25) is 0 Å². The predicted molar refractivity (Wildman–Crippen MR) is 143 cm³/mol. The number of halogens is 1. The van der Waals surface area contributed by atoms with Crippen LogP contribution in [0.5, 0.6) is 0 Å². The van der Waals surface area contributed by atoms with Gasteiger partial charge in [0.25, 0.3) is 0 Å². The van der Waals surface area contributed by atoms with Crippen LogP contribution in [0.1, 0.15) is 83.5 Å². The van der Waals surface area contributed by atoms with Crippen molar-refractivity contribution in [1.82, 2.24) is 19.4 Å². The number of hydrogen-bond acceptors (Lipinski definition) is 5. The van der Waals surface area contributed by atoms with E-state index < -0.39 is 23.2 Å². The topological polar surface area (TPSA) is 97.1 Å². The van der Waals surface area contributed by atoms with E-state index in [1.807, 2.05) is 20.8 Å². The molecule has 2 saturated carbocycles. The molecule has 0 radical (unpaired) electrons. The van der Waals surface area contributed by atoms with Crippen molar-refractivity contribution in [2.75, 3.05) is 26.2 Å². The van der Waals surface area contributed by atoms with Crippen molar-refractivity contribution in [2.45, 2.75) is 95.4 Å². The Hall–Kier alpha value is -2.88. The van der Waals surface area contributed by atoms with Crippen LogP contribution in [0.3, 0.4) is 0 Å². The molecule has 2 aliphatic heterocycles. The van der Waals surface area contributed by atoms with E-state index in [1.165, 1.54) is 11.1 Å². The summed E-state index contributed by atoms with van der Waals surface area (Å²) >= 11 is 0. The number of aromatic nitrogens is 2. The second-order valence-electron chi connectivity index (χ2n) is 13.1. The molecule has 2 amide bonds. The number of likely N-dealkylation sites (tertiary alicyclic amines) is 2. The Morgan fingerprint density at radius 2 is 1.97 bits per heavy atom. The van der Waals surface area contributed by atoms with Crippen molar-refractivity contribution in [3.8, 4) is 0 Å². The molecule has 0 aromatic carbocycles. The minimum Gasteiger partial charge on any atom is -0.465 e. The van der Waals surface area contributed by atoms with Crippen LogP contribution in [0.15, 0.2) is 12.4 Å². The Kier molecular flexibility index (Phi) is 6.13. The van der Waals surface area contributed by atoms with Gasteiger partial charge in [-0.15, -0.1) is 0 Å². The summed E-state index contributed by atoms with van der Waals surface area (Å²) in [5.41, 5.74) is 1.47. The highest BCUT2D eigenvalue weighted by Gasteiger charge is 2.69. The minimum atomic E-state index is -0.962. The maximum absolute atomic E-state index is 15.3. The summed E-state index contributed by atoms with van der Waals surface area (Å²) in [6.45, 7) is 11.3. The molecule has 4 fully saturated rings. The molecule has 4 unspecified atom stereocenters. The number of hydrogen-bond donors (Lipinski definition) is 1. The molecule has 212 valence electrons. The van der Waals surface area contributed by atoms with Gasteiger partial charge in [0.05, 0.1) is 42.7 Å². The first-order valence-corrected chi connectivity index (χ1v) is 14.2. The van der Waals surface area contributed by atoms with Crippen LogP contribution < -0.4 is 0 Å². The number of carbonyl (C=O) groups excluding carboxylic acids is 1. The third kappa shape index (κ3) is 4.44. The van der Waals surface area contributed by atoms with Gasteiger partial charge in [0.1, 0.15) is 5.60 Å². The van der Waals surface area contributed by atoms with E-state index in [9.17, 15) is 14.7 Å². The molecule has 1 N–H and O–H groups in total. The predicted octanol–water partition coefficient (Wildman–Crippen LogP) is 5.28. The van der Waals surface area contributed by atoms with E-state index in [4.69, 9.17) is 9.47 Å². The largest absolute Gasteiger partial charge is 0.465 e. The van der Waals surface area contributed by atoms with Crippen molar-refractivity contribution in [2.24, 2.45) is 5.92 Å². The summed E-state index contributed by atoms with van der Waals surface area (Å²) < 4.78 is 29.3. The summed E-state index contributed by atoms with van der Waals surface area (Å²) in [6, 6.07) is -0.118. The second-order valence-corrected chi connectivity index (χ2v) is 13.1. The first-order valence-electron chi connectivity index (χ1n) is 14.2. The average molecular weight is 543 g/mol. The van der Waals surface area contributed by atoms with Crippen molar-refractivity contribution in [3.05, 3.63) is 29.5 Å². The summed E-state index contributed by atoms with van der Waals surface area (Å²) in [5.74, 6) is -0.0692. The van der Waals surface area contributed by atoms with Gasteiger partial charge in [-0.1, -0.05) is 13.8 Å². The number of carboxylic acid groups (broad SMARTS) is 1. The van der Waals surface area contributed by atoms with Crippen LogP contribution >= 0.6 is 0 Å². The SMILES string of the molecule is CC(C)c1ncc(F)c2c1c(C13CC1CN(C(=O)O)C3COC1CCN(C(=O)OC(C)(C)C)C1)cn2C1CC1. The van der Waals surface area contributed by atoms with Crippen LogP contribution in [-0.2, 0) is 14.9 Å². The van der Waals surface area contributed by atoms with Crippen LogP contribution in [-0.4, -0.2) is 80.6 Å². The van der Waals surface area contributed by atoms with E-state index in [1.54, 1.807) is 4.90 Å². The van der Waals surface area contributed by atoms with Gasteiger partial charge < -0.3 is 28.9 Å². The molecule has 6 rings (SSSR count). The molecule has 9 nitrogen and oxygen atoms in total. The summed E-state index contributed by atoms with van der Waals surface area (Å²) in [5, 5.41) is 11.0. The molecule has 2 aromatic rings. The highest BCUT2D eigenvalue weighted by atomic mass is 19.1. The monoisotopic (exact) mass is 542 g/mol. The molecular formula is C29H39FN4O5. The quantitative estimate of drug-likeness (QED) is 0.534. The van der Waals surface area contributed by atoms with Crippen molar-refractivity contribution >= 4 is 23.1 Å². The number of ether oxygens (including phenoxy) is 2. The second kappa shape index (κ2) is 9.08. The molecule has 10 heteroatoms. The van der Waals surface area contributed by atoms with E-state index in [0.717, 1.165) is 35.9 Å². The van der Waals surface area contributed by atoms with Gasteiger partial charge in [-0.3, -0.25) is 4.98 Å². The first-order chi connectivity index (χ1) is 18.4. The fraction of sp³-hybridized carbons (Fsp3) is 0.690. The molecule has 4 aliphatic rings. The lowest BCUT2D eigenvalue weighted by Gasteiger charge is -2.31. The first kappa shape index (κ1) is 26.3. The molecule has 4 atom stereocenters. The van der Waals surface area contributed by atoms with Crippen molar-refractivity contribution < 1.29 is 28.6 Å². The smallest absolute Gasteiger partial charge is 0.410 e. The minimum absolute atomic E-state index is 0.0968. The highest BCUT2D eigenvalue weighted by Crippen LogP contribution is 2.65. The fourth-order valence-corrected chi connectivity index (χ4v) is 6.88. The lowest BCUT2D eigenvalue weighted by molar-refractivity contribution is 0.00637. The van der Waals surface area contributed by atoms with Crippen LogP contribution in [0, 0.1) is 11.7 Å². The number of carbonyl (C=O) groups is 2. The Balaban J connectivity index is 1.30. The zero-order valence-electron chi connectivity index (χ0n) is 23.4. The molecular weight excluding hydrogens is 503 g/mol. The van der Waals surface area contributed by atoms with Crippen LogP contribution in [0.2, 0.25) is 0 Å². The van der Waals surface area contributed by atoms with Gasteiger partial charge in [0, 0.05) is 36.1 Å². The van der Waals surface area contributed by atoms with Gasteiger partial charge in [-0.25, -0.2) is 14.0 Å². The summed E-state index contributed by atoms with van der Waals surface area (Å²) in [6.07, 6.45) is 5.46. The number of fused-ring (bicyclic) bond motifs is 2. The zero-order valence-corrected chi connectivity index (χ0v) is 23.4. The highest BCUT2D eigenvalue weighted by molar-refractivity contribution is 5.89. The third-order valence-electron chi connectivity index (χ3n) is 8.89. The number of amides is 2. The Bertz CT molecular complexity index is 1310. The van der Waals surface area contributed by atoms with E-state index in [2.05, 4.69) is 29.6 Å². The molecule has 0 spiro atoms. The van der Waals surface area contributed by atoms with Crippen molar-refractivity contribution in [3.63, 3.8) is 0 Å². The number of nitrogens with zero attached hydrogens (tertiary/aromatic N) is 4. The maximum Gasteiger partial charge on any atom is 0.410 e. The number of pyridine rings is 1. The van der Waals surface area contributed by atoms with Gasteiger partial charge in [-0.2, -0.15) is 0 Å². The summed E-state index contributed by atoms with van der Waals surface area (Å²) in [4.78, 5) is 32.6. The molecule has 2 saturated heterocycles. The molecule has 0 bridgehead atoms. The Morgan fingerprint density at radius 3 is 2.62 bits per heavy atom. The zero-order chi connectivity index (χ0) is 27.9. The fourth-order valence-electron chi connectivity index (χ4n) is 6.88. The van der Waals surface area contributed by atoms with E-state index >= 15 is 4.39 Å². The van der Waals surface area contributed by atoms with Crippen LogP contribution in [0.4, 0.5) is 14.0 Å². The van der Waals surface area contributed by atoms with Gasteiger partial charge in [0.15, 0.2) is 5.82 Å². The van der Waals surface area contributed by atoms with Gasteiger partial charge in [-0.05, 0) is 63.9 Å². The molecule has 2 aliphatic carbocycles. The Morgan fingerprint density at radius 1 is 1.23 bits per heavy atom. The number of rotatable bonds is 6. The standard InChI is InChI=1S/C29H39FN4O5/c1-16(2)24-23-20(14-33(18-6-7-18)25(23)21(30)11-31-24)29-10-17(29)12-34(26(35)36)22(29)15-38-19-8-9-32(13-19)27(37)39-28(3,4)5/h11,14,16-19,22H,6-10,12-13,15H2,1-5H3,(H,35,36). The van der Waals surface area contributed by atoms with Crippen molar-refractivity contribution in [1.29, 1.82) is 0 Å². The lowest BCUT2D eigenvalue weighted by Crippen LogP contribution is -2.46.